The molecule has 3 heterocycles. The molecule has 0 saturated carbocycles. The maximum atomic E-state index is 11.8. The minimum Gasteiger partial charge on any atom is -0.391 e. The smallest absolute Gasteiger partial charge is 0.219 e. The summed E-state index contributed by atoms with van der Waals surface area (Å²) in [6, 6.07) is 2.05. The van der Waals surface area contributed by atoms with Gasteiger partial charge in [-0.2, -0.15) is 0 Å². The van der Waals surface area contributed by atoms with Crippen molar-refractivity contribution < 1.29 is 9.90 Å². The van der Waals surface area contributed by atoms with Crippen LogP contribution >= 0.6 is 0 Å². The highest BCUT2D eigenvalue weighted by Crippen LogP contribution is 2.40. The summed E-state index contributed by atoms with van der Waals surface area (Å²) in [7, 11) is 0. The first-order chi connectivity index (χ1) is 11.4. The van der Waals surface area contributed by atoms with Crippen molar-refractivity contribution in [1.82, 2.24) is 14.9 Å². The van der Waals surface area contributed by atoms with Gasteiger partial charge in [0, 0.05) is 51.3 Å². The van der Waals surface area contributed by atoms with Gasteiger partial charge in [-0.05, 0) is 31.6 Å². The fourth-order valence-electron chi connectivity index (χ4n) is 4.10. The van der Waals surface area contributed by atoms with E-state index in [2.05, 4.69) is 27.9 Å². The van der Waals surface area contributed by atoms with Crippen molar-refractivity contribution in [2.24, 2.45) is 5.41 Å². The van der Waals surface area contributed by atoms with Crippen molar-refractivity contribution in [3.05, 3.63) is 17.6 Å². The van der Waals surface area contributed by atoms with Crippen molar-refractivity contribution >= 4 is 11.7 Å². The quantitative estimate of drug-likeness (QED) is 0.890. The fraction of sp³-hybridized carbons (Fsp3) is 0.722. The summed E-state index contributed by atoms with van der Waals surface area (Å²) in [5.41, 5.74) is 1.06. The molecule has 0 radical (unpaired) electrons. The summed E-state index contributed by atoms with van der Waals surface area (Å²) in [6.07, 6.45) is 3.21. The van der Waals surface area contributed by atoms with Gasteiger partial charge >= 0.3 is 0 Å². The Labute approximate surface area is 143 Å². The van der Waals surface area contributed by atoms with E-state index in [0.717, 1.165) is 62.7 Å². The van der Waals surface area contributed by atoms with Crippen LogP contribution in [-0.2, 0) is 11.2 Å². The van der Waals surface area contributed by atoms with E-state index < -0.39 is 6.10 Å². The van der Waals surface area contributed by atoms with Gasteiger partial charge in [-0.3, -0.25) is 4.79 Å². The lowest BCUT2D eigenvalue weighted by Crippen LogP contribution is -2.55. The highest BCUT2D eigenvalue weighted by molar-refractivity contribution is 5.73. The van der Waals surface area contributed by atoms with Crippen molar-refractivity contribution in [3.63, 3.8) is 0 Å². The van der Waals surface area contributed by atoms with Crippen LogP contribution in [0.4, 0.5) is 5.82 Å². The van der Waals surface area contributed by atoms with E-state index in [1.54, 1.807) is 6.92 Å². The van der Waals surface area contributed by atoms with Crippen LogP contribution < -0.4 is 4.90 Å². The minimum atomic E-state index is -0.401. The Hall–Kier alpha value is -1.69. The number of likely N-dealkylation sites (tertiary alicyclic amines) is 1. The van der Waals surface area contributed by atoms with E-state index >= 15 is 0 Å². The molecule has 24 heavy (non-hydrogen) atoms. The number of amides is 1. The standard InChI is InChI=1S/C18H28N4O2/c1-4-16-19-13(2)9-17(20-16)21-7-5-18(6-8-21)10-15(24)11-22(12-18)14(3)23/h9,15,24H,4-8,10-12H2,1-3H3. The molecule has 1 spiro atoms. The second-order valence-electron chi connectivity index (χ2n) is 7.38. The molecule has 0 aliphatic carbocycles. The number of aliphatic hydroxyl groups is 1. The Kier molecular flexibility index (Phi) is 4.76. The molecular formula is C18H28N4O2. The lowest BCUT2D eigenvalue weighted by Gasteiger charge is -2.49. The molecule has 0 bridgehead atoms. The largest absolute Gasteiger partial charge is 0.391 e. The van der Waals surface area contributed by atoms with E-state index in [4.69, 9.17) is 0 Å². The van der Waals surface area contributed by atoms with E-state index in [1.165, 1.54) is 0 Å². The van der Waals surface area contributed by atoms with Gasteiger partial charge in [-0.15, -0.1) is 0 Å². The molecule has 1 aromatic rings. The van der Waals surface area contributed by atoms with Gasteiger partial charge in [-0.25, -0.2) is 9.97 Å². The molecule has 1 aromatic heterocycles. The Morgan fingerprint density at radius 1 is 1.38 bits per heavy atom. The molecule has 6 heteroatoms. The predicted octanol–water partition coefficient (Wildman–Crippen LogP) is 1.55. The van der Waals surface area contributed by atoms with Gasteiger partial charge in [0.1, 0.15) is 11.6 Å². The number of aliphatic hydroxyl groups excluding tert-OH is 1. The lowest BCUT2D eigenvalue weighted by atomic mass is 9.71. The van der Waals surface area contributed by atoms with Crippen molar-refractivity contribution in [1.29, 1.82) is 0 Å². The first-order valence-corrected chi connectivity index (χ1v) is 8.94. The zero-order chi connectivity index (χ0) is 17.3. The molecule has 1 atom stereocenters. The van der Waals surface area contributed by atoms with Crippen molar-refractivity contribution in [2.45, 2.75) is 52.6 Å². The van der Waals surface area contributed by atoms with E-state index in [1.807, 2.05) is 11.8 Å². The number of rotatable bonds is 2. The number of piperidine rings is 2. The Bertz CT molecular complexity index is 611. The van der Waals surface area contributed by atoms with Crippen LogP contribution in [0.15, 0.2) is 6.07 Å². The van der Waals surface area contributed by atoms with Crippen molar-refractivity contribution in [3.8, 4) is 0 Å². The van der Waals surface area contributed by atoms with Gasteiger partial charge in [0.05, 0.1) is 6.10 Å². The molecule has 2 saturated heterocycles. The monoisotopic (exact) mass is 332 g/mol. The van der Waals surface area contributed by atoms with Gasteiger partial charge in [-0.1, -0.05) is 6.92 Å². The molecule has 6 nitrogen and oxygen atoms in total. The third kappa shape index (κ3) is 3.53. The topological polar surface area (TPSA) is 69.6 Å². The number of anilines is 1. The third-order valence-corrected chi connectivity index (χ3v) is 5.42. The number of aryl methyl sites for hydroxylation is 2. The summed E-state index contributed by atoms with van der Waals surface area (Å²) in [5.74, 6) is 1.96. The second kappa shape index (κ2) is 6.67. The Morgan fingerprint density at radius 2 is 2.08 bits per heavy atom. The van der Waals surface area contributed by atoms with Gasteiger partial charge in [0.2, 0.25) is 5.91 Å². The first kappa shape index (κ1) is 17.1. The van der Waals surface area contributed by atoms with Crippen LogP contribution in [0.5, 0.6) is 0 Å². The number of aromatic nitrogens is 2. The number of hydrogen-bond donors (Lipinski definition) is 1. The van der Waals surface area contributed by atoms with Crippen LogP contribution in [0.2, 0.25) is 0 Å². The van der Waals surface area contributed by atoms with Crippen LogP contribution in [0.25, 0.3) is 0 Å². The molecule has 2 aliphatic heterocycles. The lowest BCUT2D eigenvalue weighted by molar-refractivity contribution is -0.137. The highest BCUT2D eigenvalue weighted by Gasteiger charge is 2.42. The maximum Gasteiger partial charge on any atom is 0.219 e. The number of hydrogen-bond acceptors (Lipinski definition) is 5. The average molecular weight is 332 g/mol. The van der Waals surface area contributed by atoms with E-state index in [9.17, 15) is 9.90 Å². The van der Waals surface area contributed by atoms with Gasteiger partial charge in [0.25, 0.3) is 0 Å². The zero-order valence-electron chi connectivity index (χ0n) is 15.0. The van der Waals surface area contributed by atoms with Gasteiger partial charge < -0.3 is 14.9 Å². The maximum absolute atomic E-state index is 11.8. The molecule has 0 aromatic carbocycles. The molecule has 2 aliphatic rings. The predicted molar refractivity (Wildman–Crippen MR) is 92.9 cm³/mol. The number of carbonyl (C=O) groups excluding carboxylic acids is 1. The molecule has 3 rings (SSSR count). The number of carbonyl (C=O) groups is 1. The normalized spacial score (nSPS) is 23.6. The molecule has 1 N–H and O–H groups in total. The van der Waals surface area contributed by atoms with Crippen LogP contribution in [-0.4, -0.2) is 58.2 Å². The molecule has 1 unspecified atom stereocenters. The Balaban J connectivity index is 1.71. The van der Waals surface area contributed by atoms with Crippen molar-refractivity contribution in [2.75, 3.05) is 31.1 Å². The summed E-state index contributed by atoms with van der Waals surface area (Å²) in [4.78, 5) is 25.0. The zero-order valence-corrected chi connectivity index (χ0v) is 15.0. The minimum absolute atomic E-state index is 0.0511. The summed E-state index contributed by atoms with van der Waals surface area (Å²) >= 11 is 0. The van der Waals surface area contributed by atoms with E-state index in [-0.39, 0.29) is 11.3 Å². The highest BCUT2D eigenvalue weighted by atomic mass is 16.3. The Morgan fingerprint density at radius 3 is 2.71 bits per heavy atom. The number of nitrogens with zero attached hydrogens (tertiary/aromatic N) is 4. The molecular weight excluding hydrogens is 304 g/mol. The molecule has 132 valence electrons. The molecule has 2 fully saturated rings. The SMILES string of the molecule is CCc1nc(C)cc(N2CCC3(CC2)CC(O)CN(C(C)=O)C3)n1. The average Bonchev–Trinajstić information content (AvgIpc) is 2.54. The van der Waals surface area contributed by atoms with Crippen LogP contribution in [0.1, 0.15) is 44.6 Å². The van der Waals surface area contributed by atoms with Crippen LogP contribution in [0.3, 0.4) is 0 Å². The summed E-state index contributed by atoms with van der Waals surface area (Å²) in [5, 5.41) is 10.2. The fourth-order valence-corrected chi connectivity index (χ4v) is 4.10. The first-order valence-electron chi connectivity index (χ1n) is 8.94. The second-order valence-corrected chi connectivity index (χ2v) is 7.38. The molecule has 1 amide bonds. The van der Waals surface area contributed by atoms with E-state index in [0.29, 0.717) is 6.54 Å². The van der Waals surface area contributed by atoms with Crippen LogP contribution in [0, 0.1) is 12.3 Å². The van der Waals surface area contributed by atoms with Gasteiger partial charge in [0.15, 0.2) is 0 Å². The number of β-amino-alcohol motifs (C(OH)–C–C–N with tert-alkyl or cyclic N) is 1. The summed E-state index contributed by atoms with van der Waals surface area (Å²) < 4.78 is 0. The summed E-state index contributed by atoms with van der Waals surface area (Å²) in [6.45, 7) is 8.76. The third-order valence-electron chi connectivity index (χ3n) is 5.42.